The monoisotopic (exact) mass is 202 g/mol. The topological polar surface area (TPSA) is 42.7 Å². The van der Waals surface area contributed by atoms with Gasteiger partial charge in [-0.15, -0.1) is 0 Å². The van der Waals surface area contributed by atoms with E-state index in [1.165, 1.54) is 0 Å². The molecule has 0 aliphatic carbocycles. The van der Waals surface area contributed by atoms with Gasteiger partial charge in [-0.25, -0.2) is 0 Å². The van der Waals surface area contributed by atoms with Gasteiger partial charge in [0.2, 0.25) is 0 Å². The van der Waals surface area contributed by atoms with E-state index in [1.807, 2.05) is 37.0 Å². The molecule has 0 saturated heterocycles. The molecule has 0 atom stereocenters. The third-order valence-electron chi connectivity index (χ3n) is 2.26. The number of aromatic nitrogens is 3. The normalized spacial score (nSPS) is 10.5. The number of aryl methyl sites for hydroxylation is 1. The third kappa shape index (κ3) is 2.05. The maximum Gasteiger partial charge on any atom is 0.111 e. The lowest BCUT2D eigenvalue weighted by Gasteiger charge is -1.97. The molecule has 2 aromatic heterocycles. The van der Waals surface area contributed by atoms with Crippen molar-refractivity contribution in [3.8, 4) is 11.4 Å². The second-order valence-corrected chi connectivity index (χ2v) is 3.39. The van der Waals surface area contributed by atoms with Gasteiger partial charge in [0, 0.05) is 19.8 Å². The summed E-state index contributed by atoms with van der Waals surface area (Å²) in [5, 5.41) is 7.52. The highest BCUT2D eigenvalue weighted by Gasteiger charge is 2.06. The van der Waals surface area contributed by atoms with E-state index in [0.29, 0.717) is 0 Å². The summed E-state index contributed by atoms with van der Waals surface area (Å²) in [7, 11) is 3.87. The van der Waals surface area contributed by atoms with E-state index in [4.69, 9.17) is 0 Å². The molecular formula is C11H14N4. The highest BCUT2D eigenvalue weighted by atomic mass is 15.3. The summed E-state index contributed by atoms with van der Waals surface area (Å²) in [5.41, 5.74) is 2.98. The number of rotatable bonds is 3. The van der Waals surface area contributed by atoms with Crippen molar-refractivity contribution in [1.29, 1.82) is 0 Å². The van der Waals surface area contributed by atoms with Crippen molar-refractivity contribution in [2.24, 2.45) is 7.05 Å². The first-order valence-electron chi connectivity index (χ1n) is 4.90. The molecule has 0 unspecified atom stereocenters. The van der Waals surface area contributed by atoms with Crippen LogP contribution in [0.3, 0.4) is 0 Å². The third-order valence-corrected chi connectivity index (χ3v) is 2.26. The van der Waals surface area contributed by atoms with Gasteiger partial charge in [-0.2, -0.15) is 5.10 Å². The number of hydrogen-bond donors (Lipinski definition) is 1. The molecule has 0 aliphatic heterocycles. The van der Waals surface area contributed by atoms with E-state index < -0.39 is 0 Å². The summed E-state index contributed by atoms with van der Waals surface area (Å²) < 4.78 is 1.88. The molecule has 0 fully saturated rings. The van der Waals surface area contributed by atoms with Gasteiger partial charge in [-0.05, 0) is 25.2 Å². The Bertz CT molecular complexity index is 433. The summed E-state index contributed by atoms with van der Waals surface area (Å²) in [5.74, 6) is 0. The van der Waals surface area contributed by atoms with Gasteiger partial charge in [0.15, 0.2) is 0 Å². The zero-order valence-electron chi connectivity index (χ0n) is 8.94. The first-order chi connectivity index (χ1) is 7.31. The molecule has 2 aromatic rings. The van der Waals surface area contributed by atoms with Crippen LogP contribution in [-0.2, 0) is 13.6 Å². The van der Waals surface area contributed by atoms with Gasteiger partial charge in [0.25, 0.3) is 0 Å². The fraction of sp³-hybridized carbons (Fsp3) is 0.273. The molecular weight excluding hydrogens is 188 g/mol. The highest BCUT2D eigenvalue weighted by molar-refractivity contribution is 5.53. The summed E-state index contributed by atoms with van der Waals surface area (Å²) in [4.78, 5) is 4.27. The van der Waals surface area contributed by atoms with Gasteiger partial charge in [0.05, 0.1) is 11.4 Å². The Labute approximate surface area is 89.0 Å². The second kappa shape index (κ2) is 4.23. The Morgan fingerprint density at radius 3 is 2.87 bits per heavy atom. The van der Waals surface area contributed by atoms with Crippen LogP contribution in [0.15, 0.2) is 30.5 Å². The summed E-state index contributed by atoms with van der Waals surface area (Å²) in [6.07, 6.45) is 1.78. The Balaban J connectivity index is 2.34. The smallest absolute Gasteiger partial charge is 0.111 e. The molecule has 4 nitrogen and oxygen atoms in total. The minimum absolute atomic E-state index is 0.816. The van der Waals surface area contributed by atoms with Crippen LogP contribution in [0, 0.1) is 0 Å². The van der Waals surface area contributed by atoms with E-state index in [2.05, 4.69) is 21.5 Å². The van der Waals surface area contributed by atoms with Crippen LogP contribution in [-0.4, -0.2) is 21.8 Å². The van der Waals surface area contributed by atoms with Gasteiger partial charge in [0.1, 0.15) is 5.69 Å². The largest absolute Gasteiger partial charge is 0.314 e. The maximum atomic E-state index is 4.41. The molecule has 2 rings (SSSR count). The lowest BCUT2D eigenvalue weighted by atomic mass is 10.2. The molecule has 2 heterocycles. The van der Waals surface area contributed by atoms with E-state index >= 15 is 0 Å². The average Bonchev–Trinajstić information content (AvgIpc) is 2.63. The molecule has 0 aliphatic rings. The maximum absolute atomic E-state index is 4.41. The predicted octanol–water partition coefficient (Wildman–Crippen LogP) is 1.20. The first-order valence-corrected chi connectivity index (χ1v) is 4.90. The predicted molar refractivity (Wildman–Crippen MR) is 59.2 cm³/mol. The number of nitrogens with one attached hydrogen (secondary N) is 1. The average molecular weight is 202 g/mol. The summed E-state index contributed by atoms with van der Waals surface area (Å²) in [6, 6.07) is 7.89. The number of hydrogen-bond acceptors (Lipinski definition) is 3. The van der Waals surface area contributed by atoms with Crippen LogP contribution in [0.2, 0.25) is 0 Å². The lowest BCUT2D eigenvalue weighted by molar-refractivity contribution is 0.673. The van der Waals surface area contributed by atoms with Crippen molar-refractivity contribution in [3.05, 3.63) is 36.2 Å². The van der Waals surface area contributed by atoms with E-state index in [-0.39, 0.29) is 0 Å². The summed E-state index contributed by atoms with van der Waals surface area (Å²) >= 11 is 0. The number of pyridine rings is 1. The molecule has 0 bridgehead atoms. The second-order valence-electron chi connectivity index (χ2n) is 3.39. The fourth-order valence-corrected chi connectivity index (χ4v) is 1.49. The Morgan fingerprint density at radius 2 is 2.20 bits per heavy atom. The molecule has 0 saturated carbocycles. The van der Waals surface area contributed by atoms with Crippen LogP contribution in [0.5, 0.6) is 0 Å². The van der Waals surface area contributed by atoms with Crippen molar-refractivity contribution < 1.29 is 0 Å². The van der Waals surface area contributed by atoms with Crippen molar-refractivity contribution in [3.63, 3.8) is 0 Å². The standard InChI is InChI=1S/C11H14N4/c1-12-8-9-7-11(14-15(9)2)10-5-3-4-6-13-10/h3-7,12H,8H2,1-2H3. The molecule has 0 aromatic carbocycles. The van der Waals surface area contributed by atoms with Gasteiger partial charge in [-0.3, -0.25) is 9.67 Å². The van der Waals surface area contributed by atoms with Crippen molar-refractivity contribution >= 4 is 0 Å². The number of nitrogens with zero attached hydrogens (tertiary/aromatic N) is 3. The molecule has 0 amide bonds. The molecule has 0 spiro atoms. The van der Waals surface area contributed by atoms with E-state index in [9.17, 15) is 0 Å². The molecule has 78 valence electrons. The zero-order valence-corrected chi connectivity index (χ0v) is 8.94. The quantitative estimate of drug-likeness (QED) is 0.813. The van der Waals surface area contributed by atoms with E-state index in [1.54, 1.807) is 6.20 Å². The van der Waals surface area contributed by atoms with Gasteiger partial charge >= 0.3 is 0 Å². The van der Waals surface area contributed by atoms with E-state index in [0.717, 1.165) is 23.6 Å². The SMILES string of the molecule is CNCc1cc(-c2ccccn2)nn1C. The van der Waals surface area contributed by atoms with Gasteiger partial charge < -0.3 is 5.32 Å². The van der Waals surface area contributed by atoms with Crippen LogP contribution < -0.4 is 5.32 Å². The minimum Gasteiger partial charge on any atom is -0.314 e. The minimum atomic E-state index is 0.816. The van der Waals surface area contributed by atoms with Gasteiger partial charge in [-0.1, -0.05) is 6.07 Å². The lowest BCUT2D eigenvalue weighted by Crippen LogP contribution is -2.09. The fourth-order valence-electron chi connectivity index (χ4n) is 1.49. The van der Waals surface area contributed by atoms with Crippen molar-refractivity contribution in [2.45, 2.75) is 6.54 Å². The zero-order chi connectivity index (χ0) is 10.7. The molecule has 1 N–H and O–H groups in total. The first kappa shape index (κ1) is 9.86. The Kier molecular flexibility index (Phi) is 2.78. The van der Waals surface area contributed by atoms with Crippen LogP contribution in [0.4, 0.5) is 0 Å². The van der Waals surface area contributed by atoms with Crippen LogP contribution in [0.1, 0.15) is 5.69 Å². The van der Waals surface area contributed by atoms with Crippen molar-refractivity contribution in [1.82, 2.24) is 20.1 Å². The summed E-state index contributed by atoms with van der Waals surface area (Å²) in [6.45, 7) is 0.816. The van der Waals surface area contributed by atoms with Crippen LogP contribution in [0.25, 0.3) is 11.4 Å². The highest BCUT2D eigenvalue weighted by Crippen LogP contribution is 2.15. The Hall–Kier alpha value is -1.68. The molecule has 15 heavy (non-hydrogen) atoms. The Morgan fingerprint density at radius 1 is 1.33 bits per heavy atom. The van der Waals surface area contributed by atoms with Crippen LogP contribution >= 0.6 is 0 Å². The molecule has 4 heteroatoms. The van der Waals surface area contributed by atoms with Crippen molar-refractivity contribution in [2.75, 3.05) is 7.05 Å². The molecule has 0 radical (unpaired) electrons.